The van der Waals surface area contributed by atoms with E-state index in [1.807, 2.05) is 12.1 Å². The molecule has 3 rings (SSSR count). The van der Waals surface area contributed by atoms with Gasteiger partial charge in [-0.05, 0) is 24.1 Å². The molecule has 0 bridgehead atoms. The Labute approximate surface area is 110 Å². The summed E-state index contributed by atoms with van der Waals surface area (Å²) in [5.41, 5.74) is 14.6. The van der Waals surface area contributed by atoms with Gasteiger partial charge in [0.2, 0.25) is 11.8 Å². The number of nitrogens with zero attached hydrogens (tertiary/aromatic N) is 1. The minimum absolute atomic E-state index is 0.0111. The lowest BCUT2D eigenvalue weighted by Gasteiger charge is -2.21. The van der Waals surface area contributed by atoms with Crippen molar-refractivity contribution >= 4 is 28.9 Å². The average Bonchev–Trinajstić information content (AvgIpc) is 2.92. The standard InChI is InChI=1S/C13H16N4O2/c14-9-3-8-4-12(18)16-10(8)5-11(9)17-2-1-7(6-17)13(15)19/h3,5,7H,1-2,4,6,14H2,(H2,15,19)(H,16,18). The average molecular weight is 260 g/mol. The third kappa shape index (κ3) is 1.99. The van der Waals surface area contributed by atoms with Crippen molar-refractivity contribution in [2.24, 2.45) is 11.7 Å². The Kier molecular flexibility index (Phi) is 2.58. The smallest absolute Gasteiger partial charge is 0.228 e. The van der Waals surface area contributed by atoms with E-state index in [-0.39, 0.29) is 17.7 Å². The van der Waals surface area contributed by atoms with Gasteiger partial charge in [-0.15, -0.1) is 0 Å². The highest BCUT2D eigenvalue weighted by Crippen LogP contribution is 2.35. The molecule has 2 heterocycles. The van der Waals surface area contributed by atoms with Crippen LogP contribution in [0.3, 0.4) is 0 Å². The lowest BCUT2D eigenvalue weighted by atomic mass is 10.1. The molecule has 19 heavy (non-hydrogen) atoms. The molecule has 1 fully saturated rings. The van der Waals surface area contributed by atoms with Crippen LogP contribution >= 0.6 is 0 Å². The molecule has 0 spiro atoms. The molecule has 2 aliphatic rings. The van der Waals surface area contributed by atoms with E-state index in [9.17, 15) is 9.59 Å². The summed E-state index contributed by atoms with van der Waals surface area (Å²) in [7, 11) is 0. The van der Waals surface area contributed by atoms with Gasteiger partial charge in [-0.25, -0.2) is 0 Å². The van der Waals surface area contributed by atoms with Gasteiger partial charge in [0.1, 0.15) is 0 Å². The molecule has 2 amide bonds. The minimum Gasteiger partial charge on any atom is -0.397 e. The fourth-order valence-corrected chi connectivity index (χ4v) is 2.77. The number of rotatable bonds is 2. The first-order valence-corrected chi connectivity index (χ1v) is 6.31. The van der Waals surface area contributed by atoms with Crippen molar-refractivity contribution < 1.29 is 9.59 Å². The van der Waals surface area contributed by atoms with Gasteiger partial charge in [-0.1, -0.05) is 0 Å². The fourth-order valence-electron chi connectivity index (χ4n) is 2.77. The van der Waals surface area contributed by atoms with Gasteiger partial charge < -0.3 is 21.7 Å². The van der Waals surface area contributed by atoms with Crippen LogP contribution in [-0.2, 0) is 16.0 Å². The summed E-state index contributed by atoms with van der Waals surface area (Å²) in [5, 5.41) is 2.81. The van der Waals surface area contributed by atoms with Crippen LogP contribution in [0.1, 0.15) is 12.0 Å². The number of primary amides is 1. The third-order valence-electron chi connectivity index (χ3n) is 3.81. The van der Waals surface area contributed by atoms with Crippen LogP contribution in [0.5, 0.6) is 0 Å². The number of hydrogen-bond donors (Lipinski definition) is 3. The van der Waals surface area contributed by atoms with E-state index in [1.165, 1.54) is 0 Å². The third-order valence-corrected chi connectivity index (χ3v) is 3.81. The van der Waals surface area contributed by atoms with Crippen molar-refractivity contribution in [1.82, 2.24) is 0 Å². The predicted octanol–water partition coefficient (Wildman–Crippen LogP) is 0.0750. The number of nitrogens with one attached hydrogen (secondary N) is 1. The van der Waals surface area contributed by atoms with Crippen molar-refractivity contribution in [3.8, 4) is 0 Å². The molecule has 0 aliphatic carbocycles. The molecule has 1 aromatic rings. The maximum absolute atomic E-state index is 11.4. The van der Waals surface area contributed by atoms with Crippen LogP contribution in [0.15, 0.2) is 12.1 Å². The Morgan fingerprint density at radius 2 is 2.21 bits per heavy atom. The van der Waals surface area contributed by atoms with Crippen LogP contribution in [0.2, 0.25) is 0 Å². The van der Waals surface area contributed by atoms with Crippen LogP contribution < -0.4 is 21.7 Å². The second-order valence-corrected chi connectivity index (χ2v) is 5.13. The molecule has 2 aliphatic heterocycles. The second kappa shape index (κ2) is 4.15. The van der Waals surface area contributed by atoms with Crippen molar-refractivity contribution in [2.45, 2.75) is 12.8 Å². The van der Waals surface area contributed by atoms with Crippen LogP contribution in [0, 0.1) is 5.92 Å². The van der Waals surface area contributed by atoms with E-state index in [4.69, 9.17) is 11.5 Å². The van der Waals surface area contributed by atoms with Gasteiger partial charge in [0.15, 0.2) is 0 Å². The fraction of sp³-hybridized carbons (Fsp3) is 0.385. The number of carbonyl (C=O) groups excluding carboxylic acids is 2. The number of nitrogens with two attached hydrogens (primary N) is 2. The highest BCUT2D eigenvalue weighted by molar-refractivity contribution is 6.01. The second-order valence-electron chi connectivity index (χ2n) is 5.13. The molecule has 1 saturated heterocycles. The summed E-state index contributed by atoms with van der Waals surface area (Å²) in [6, 6.07) is 3.72. The number of amides is 2. The number of fused-ring (bicyclic) bond motifs is 1. The number of benzene rings is 1. The predicted molar refractivity (Wildman–Crippen MR) is 72.7 cm³/mol. The van der Waals surface area contributed by atoms with E-state index in [2.05, 4.69) is 10.2 Å². The van der Waals surface area contributed by atoms with Gasteiger partial charge in [-0.3, -0.25) is 9.59 Å². The SMILES string of the molecule is NC(=O)C1CCN(c2cc3c(cc2N)CC(=O)N3)C1. The molecule has 1 aromatic carbocycles. The highest BCUT2D eigenvalue weighted by Gasteiger charge is 2.29. The van der Waals surface area contributed by atoms with Crippen molar-refractivity contribution in [2.75, 3.05) is 29.0 Å². The maximum Gasteiger partial charge on any atom is 0.228 e. The number of carbonyl (C=O) groups is 2. The van der Waals surface area contributed by atoms with Gasteiger partial charge in [0, 0.05) is 18.8 Å². The molecule has 0 radical (unpaired) electrons. The summed E-state index contributed by atoms with van der Waals surface area (Å²) < 4.78 is 0. The molecule has 6 nitrogen and oxygen atoms in total. The van der Waals surface area contributed by atoms with E-state index in [0.29, 0.717) is 18.7 Å². The van der Waals surface area contributed by atoms with Crippen molar-refractivity contribution in [1.29, 1.82) is 0 Å². The van der Waals surface area contributed by atoms with Crippen LogP contribution in [0.25, 0.3) is 0 Å². The topological polar surface area (TPSA) is 101 Å². The summed E-state index contributed by atoms with van der Waals surface area (Å²) in [5.74, 6) is -0.402. The summed E-state index contributed by atoms with van der Waals surface area (Å²) in [4.78, 5) is 24.6. The molecule has 0 saturated carbocycles. The van der Waals surface area contributed by atoms with Gasteiger partial charge in [0.05, 0.1) is 23.7 Å². The Bertz CT molecular complexity index is 570. The molecular formula is C13H16N4O2. The lowest BCUT2D eigenvalue weighted by Crippen LogP contribution is -2.27. The van der Waals surface area contributed by atoms with Crippen molar-refractivity contribution in [3.63, 3.8) is 0 Å². The van der Waals surface area contributed by atoms with Gasteiger partial charge >= 0.3 is 0 Å². The monoisotopic (exact) mass is 260 g/mol. The number of nitrogen functional groups attached to an aromatic ring is 1. The summed E-state index contributed by atoms with van der Waals surface area (Å²) in [6.07, 6.45) is 1.13. The molecule has 5 N–H and O–H groups in total. The van der Waals surface area contributed by atoms with Gasteiger partial charge in [0.25, 0.3) is 0 Å². The van der Waals surface area contributed by atoms with Gasteiger partial charge in [-0.2, -0.15) is 0 Å². The Morgan fingerprint density at radius 3 is 2.89 bits per heavy atom. The van der Waals surface area contributed by atoms with Crippen LogP contribution in [-0.4, -0.2) is 24.9 Å². The number of anilines is 3. The van der Waals surface area contributed by atoms with E-state index in [1.54, 1.807) is 0 Å². The molecule has 0 aromatic heterocycles. The van der Waals surface area contributed by atoms with Crippen LogP contribution in [0.4, 0.5) is 17.1 Å². The highest BCUT2D eigenvalue weighted by atomic mass is 16.2. The molecule has 6 heteroatoms. The molecule has 1 atom stereocenters. The quantitative estimate of drug-likeness (QED) is 0.655. The normalized spacial score (nSPS) is 21.4. The van der Waals surface area contributed by atoms with E-state index >= 15 is 0 Å². The Morgan fingerprint density at radius 1 is 1.42 bits per heavy atom. The molecular weight excluding hydrogens is 244 g/mol. The van der Waals surface area contributed by atoms with Crippen molar-refractivity contribution in [3.05, 3.63) is 17.7 Å². The zero-order valence-corrected chi connectivity index (χ0v) is 10.5. The van der Waals surface area contributed by atoms with E-state index in [0.717, 1.165) is 29.9 Å². The summed E-state index contributed by atoms with van der Waals surface area (Å²) >= 11 is 0. The van der Waals surface area contributed by atoms with E-state index < -0.39 is 0 Å². The molecule has 100 valence electrons. The first-order valence-electron chi connectivity index (χ1n) is 6.31. The zero-order valence-electron chi connectivity index (χ0n) is 10.5. The Hall–Kier alpha value is -2.24. The number of hydrogen-bond acceptors (Lipinski definition) is 4. The lowest BCUT2D eigenvalue weighted by molar-refractivity contribution is -0.121. The maximum atomic E-state index is 11.4. The first kappa shape index (κ1) is 11.8. The minimum atomic E-state index is -0.268. The summed E-state index contributed by atoms with van der Waals surface area (Å²) in [6.45, 7) is 1.34. The Balaban J connectivity index is 1.88. The largest absolute Gasteiger partial charge is 0.397 e. The first-order chi connectivity index (χ1) is 9.04. The molecule has 1 unspecified atom stereocenters. The zero-order chi connectivity index (χ0) is 13.6.